The third-order valence-corrected chi connectivity index (χ3v) is 9.86. The van der Waals surface area contributed by atoms with Gasteiger partial charge >= 0.3 is 0 Å². The van der Waals surface area contributed by atoms with E-state index in [2.05, 4.69) is 114 Å². The smallest absolute Gasteiger partial charge is 0.228 e. The monoisotopic (exact) mass is 642 g/mol. The van der Waals surface area contributed by atoms with Crippen LogP contribution >= 0.6 is 0 Å². The van der Waals surface area contributed by atoms with E-state index in [-0.39, 0.29) is 0 Å². The molecular weight excluding hydrogens is 617 g/mol. The van der Waals surface area contributed by atoms with E-state index < -0.39 is 0 Å². The van der Waals surface area contributed by atoms with Crippen molar-refractivity contribution in [1.29, 1.82) is 0 Å². The Morgan fingerprint density at radius 1 is 0.380 bits per heavy atom. The topological polar surface area (TPSA) is 55.6 Å². The lowest BCUT2D eigenvalue weighted by atomic mass is 10.0. The van der Waals surface area contributed by atoms with E-state index in [0.717, 1.165) is 88.4 Å². The maximum atomic E-state index is 6.59. The lowest BCUT2D eigenvalue weighted by molar-refractivity contribution is 0.620. The number of hydrogen-bond acceptors (Lipinski definition) is 5. The molecule has 0 N–H and O–H groups in total. The van der Waals surface area contributed by atoms with E-state index in [0.29, 0.717) is 5.89 Å². The highest BCUT2D eigenvalue weighted by molar-refractivity contribution is 6.13. The van der Waals surface area contributed by atoms with Crippen LogP contribution in [0.3, 0.4) is 0 Å². The number of para-hydroxylation sites is 1. The summed E-state index contributed by atoms with van der Waals surface area (Å²) in [5, 5.41) is 8.74. The van der Waals surface area contributed by atoms with Crippen LogP contribution in [0.2, 0.25) is 0 Å². The first-order chi connectivity index (χ1) is 24.7. The Labute approximate surface area is 285 Å². The molecule has 8 aromatic carbocycles. The van der Waals surface area contributed by atoms with Crippen LogP contribution in [-0.4, -0.2) is 4.98 Å². The zero-order valence-corrected chi connectivity index (χ0v) is 26.6. The summed E-state index contributed by atoms with van der Waals surface area (Å²) in [5.41, 5.74) is 8.79. The average molecular weight is 643 g/mol. The van der Waals surface area contributed by atoms with Crippen molar-refractivity contribution < 1.29 is 13.3 Å². The summed E-state index contributed by atoms with van der Waals surface area (Å²) < 4.78 is 19.3. The van der Waals surface area contributed by atoms with Crippen molar-refractivity contribution in [3.63, 3.8) is 0 Å². The highest BCUT2D eigenvalue weighted by Crippen LogP contribution is 2.43. The highest BCUT2D eigenvalue weighted by Gasteiger charge is 2.21. The maximum absolute atomic E-state index is 6.59. The van der Waals surface area contributed by atoms with Crippen molar-refractivity contribution in [3.05, 3.63) is 158 Å². The molecule has 0 spiro atoms. The van der Waals surface area contributed by atoms with E-state index >= 15 is 0 Å². The van der Waals surface area contributed by atoms with Gasteiger partial charge in [-0.1, -0.05) is 84.9 Å². The second-order valence-electron chi connectivity index (χ2n) is 12.8. The Morgan fingerprint density at radius 3 is 1.88 bits per heavy atom. The third-order valence-electron chi connectivity index (χ3n) is 9.86. The van der Waals surface area contributed by atoms with Crippen molar-refractivity contribution in [2.24, 2.45) is 0 Å². The Bertz CT molecular complexity index is 3130. The summed E-state index contributed by atoms with van der Waals surface area (Å²) in [7, 11) is 0. The van der Waals surface area contributed by atoms with E-state index in [1.54, 1.807) is 0 Å². The van der Waals surface area contributed by atoms with Gasteiger partial charge in [0.15, 0.2) is 5.58 Å². The quantitative estimate of drug-likeness (QED) is 0.191. The SMILES string of the molecule is c1ccc2cc(N(c3ccc4c(c3)oc3ccccc34)c3ccc4c(c3)oc3cccc(-c5nc6c(ccc7ccccc76)o5)c34)ccc2c1. The number of aromatic nitrogens is 1. The van der Waals surface area contributed by atoms with Crippen molar-refractivity contribution in [2.45, 2.75) is 0 Å². The molecule has 11 aromatic rings. The number of hydrogen-bond donors (Lipinski definition) is 0. The summed E-state index contributed by atoms with van der Waals surface area (Å²) in [5.74, 6) is 0.575. The molecule has 3 aromatic heterocycles. The van der Waals surface area contributed by atoms with Crippen LogP contribution in [0.25, 0.3) is 88.0 Å². The van der Waals surface area contributed by atoms with Crippen LogP contribution in [0.4, 0.5) is 17.1 Å². The molecule has 0 aliphatic carbocycles. The molecule has 3 heterocycles. The van der Waals surface area contributed by atoms with Gasteiger partial charge in [0.05, 0.1) is 0 Å². The molecule has 0 radical (unpaired) electrons. The molecule has 0 aliphatic rings. The van der Waals surface area contributed by atoms with E-state index in [1.165, 1.54) is 10.8 Å². The summed E-state index contributed by atoms with van der Waals surface area (Å²) >= 11 is 0. The van der Waals surface area contributed by atoms with Gasteiger partial charge in [0.1, 0.15) is 27.8 Å². The Morgan fingerprint density at radius 2 is 1.00 bits per heavy atom. The highest BCUT2D eigenvalue weighted by atomic mass is 16.4. The molecule has 0 aliphatic heterocycles. The predicted molar refractivity (Wildman–Crippen MR) is 204 cm³/mol. The van der Waals surface area contributed by atoms with Crippen LogP contribution in [0.5, 0.6) is 0 Å². The largest absolute Gasteiger partial charge is 0.456 e. The van der Waals surface area contributed by atoms with Crippen molar-refractivity contribution in [3.8, 4) is 11.5 Å². The molecule has 11 rings (SSSR count). The van der Waals surface area contributed by atoms with Gasteiger partial charge in [-0.2, -0.15) is 0 Å². The zero-order valence-electron chi connectivity index (χ0n) is 26.6. The standard InChI is InChI=1S/C45H26N2O3/c1-2-10-29-24-30(18-16-27(29)8-1)47(31-19-21-35-34-12-5-6-14-38(34)48-41(35)25-31)32-20-22-36-42(26-32)49-39-15-7-13-37(43(36)39)45-46-44-33-11-4-3-9-28(33)17-23-40(44)50-45/h1-26H. The molecule has 0 fully saturated rings. The van der Waals surface area contributed by atoms with Gasteiger partial charge in [0.25, 0.3) is 0 Å². The lowest BCUT2D eigenvalue weighted by Gasteiger charge is -2.25. The van der Waals surface area contributed by atoms with Gasteiger partial charge in [-0.05, 0) is 76.8 Å². The minimum absolute atomic E-state index is 0.575. The van der Waals surface area contributed by atoms with Crippen LogP contribution < -0.4 is 4.90 Å². The number of nitrogens with zero attached hydrogens (tertiary/aromatic N) is 2. The molecule has 234 valence electrons. The molecule has 50 heavy (non-hydrogen) atoms. The first-order valence-electron chi connectivity index (χ1n) is 16.7. The summed E-state index contributed by atoms with van der Waals surface area (Å²) in [6, 6.07) is 54.5. The van der Waals surface area contributed by atoms with Gasteiger partial charge < -0.3 is 18.2 Å². The molecule has 5 heteroatoms. The predicted octanol–water partition coefficient (Wildman–Crippen LogP) is 13.1. The first kappa shape index (κ1) is 27.1. The lowest BCUT2D eigenvalue weighted by Crippen LogP contribution is -2.09. The molecular formula is C45H26N2O3. The summed E-state index contributed by atoms with van der Waals surface area (Å²) in [4.78, 5) is 7.28. The molecule has 0 saturated carbocycles. The Balaban J connectivity index is 1.10. The van der Waals surface area contributed by atoms with Crippen LogP contribution in [0.15, 0.2) is 171 Å². The normalized spacial score (nSPS) is 12.0. The van der Waals surface area contributed by atoms with Crippen molar-refractivity contribution in [2.75, 3.05) is 4.90 Å². The van der Waals surface area contributed by atoms with Gasteiger partial charge in [-0.3, -0.25) is 0 Å². The summed E-state index contributed by atoms with van der Waals surface area (Å²) in [6.07, 6.45) is 0. The number of benzene rings is 8. The number of anilines is 3. The molecule has 0 unspecified atom stereocenters. The van der Waals surface area contributed by atoms with Crippen molar-refractivity contribution in [1.82, 2.24) is 4.98 Å². The number of furan rings is 2. The fourth-order valence-corrected chi connectivity index (χ4v) is 7.52. The maximum Gasteiger partial charge on any atom is 0.228 e. The minimum Gasteiger partial charge on any atom is -0.456 e. The van der Waals surface area contributed by atoms with E-state index in [4.69, 9.17) is 18.2 Å². The third kappa shape index (κ3) is 4.04. The van der Waals surface area contributed by atoms with Gasteiger partial charge in [-0.25, -0.2) is 4.98 Å². The van der Waals surface area contributed by atoms with Crippen LogP contribution in [0.1, 0.15) is 0 Å². The second-order valence-corrected chi connectivity index (χ2v) is 12.8. The molecule has 0 atom stereocenters. The van der Waals surface area contributed by atoms with Crippen LogP contribution in [0, 0.1) is 0 Å². The average Bonchev–Trinajstić information content (AvgIpc) is 3.88. The van der Waals surface area contributed by atoms with E-state index in [9.17, 15) is 0 Å². The van der Waals surface area contributed by atoms with Gasteiger partial charge in [0.2, 0.25) is 5.89 Å². The van der Waals surface area contributed by atoms with Crippen LogP contribution in [-0.2, 0) is 0 Å². The van der Waals surface area contributed by atoms with E-state index in [1.807, 2.05) is 48.5 Å². The Kier molecular flexibility index (Phi) is 5.60. The zero-order chi connectivity index (χ0) is 32.8. The first-order valence-corrected chi connectivity index (χ1v) is 16.7. The summed E-state index contributed by atoms with van der Waals surface area (Å²) in [6.45, 7) is 0. The molecule has 0 saturated heterocycles. The number of oxazole rings is 1. The number of fused-ring (bicyclic) bond motifs is 10. The number of rotatable bonds is 4. The minimum atomic E-state index is 0.575. The fourth-order valence-electron chi connectivity index (χ4n) is 7.52. The fraction of sp³-hybridized carbons (Fsp3) is 0. The van der Waals surface area contributed by atoms with Gasteiger partial charge in [-0.15, -0.1) is 0 Å². The molecule has 0 bridgehead atoms. The molecule has 5 nitrogen and oxygen atoms in total. The van der Waals surface area contributed by atoms with Gasteiger partial charge in [0, 0.05) is 61.7 Å². The second kappa shape index (κ2) is 10.3. The molecule has 0 amide bonds. The van der Waals surface area contributed by atoms with Crippen molar-refractivity contribution >= 4 is 93.6 Å². The Hall–Kier alpha value is -6.85.